The van der Waals surface area contributed by atoms with E-state index in [4.69, 9.17) is 5.73 Å². The van der Waals surface area contributed by atoms with Crippen molar-refractivity contribution in [2.24, 2.45) is 5.73 Å². The molecule has 2 heterocycles. The lowest BCUT2D eigenvalue weighted by atomic mass is 10.4. The van der Waals surface area contributed by atoms with Crippen LogP contribution in [0.5, 0.6) is 0 Å². The molecule has 2 rings (SSSR count). The largest absolute Gasteiger partial charge is 0.326 e. The first-order valence-corrected chi connectivity index (χ1v) is 7.70. The molecule has 17 heavy (non-hydrogen) atoms. The third-order valence-electron chi connectivity index (χ3n) is 2.27. The van der Waals surface area contributed by atoms with Crippen LogP contribution in [0.1, 0.15) is 9.75 Å². The summed E-state index contributed by atoms with van der Waals surface area (Å²) in [6, 6.07) is 3.95. The molecule has 0 saturated carbocycles. The highest BCUT2D eigenvalue weighted by Crippen LogP contribution is 2.17. The Balaban J connectivity index is 2.17. The van der Waals surface area contributed by atoms with Gasteiger partial charge < -0.3 is 5.73 Å². The van der Waals surface area contributed by atoms with E-state index in [2.05, 4.69) is 5.10 Å². The summed E-state index contributed by atoms with van der Waals surface area (Å²) >= 11 is 1.61. The zero-order valence-corrected chi connectivity index (χ0v) is 11.0. The lowest BCUT2D eigenvalue weighted by molar-refractivity contribution is 0.601. The summed E-state index contributed by atoms with van der Waals surface area (Å²) in [5, 5.41) is 4.03. The summed E-state index contributed by atoms with van der Waals surface area (Å²) in [6.45, 7) is 1.10. The highest BCUT2D eigenvalue weighted by Gasteiger charge is 2.10. The highest BCUT2D eigenvalue weighted by atomic mass is 32.2. The molecule has 7 heteroatoms. The van der Waals surface area contributed by atoms with Crippen LogP contribution in [0.15, 0.2) is 29.4 Å². The summed E-state index contributed by atoms with van der Waals surface area (Å²) in [4.78, 5) is 2.46. The third kappa shape index (κ3) is 2.93. The Morgan fingerprint density at radius 1 is 1.41 bits per heavy atom. The van der Waals surface area contributed by atoms with Gasteiger partial charge in [-0.1, -0.05) is 0 Å². The molecule has 92 valence electrons. The number of hydrogen-bond acceptors (Lipinski definition) is 5. The van der Waals surface area contributed by atoms with E-state index in [1.54, 1.807) is 16.0 Å². The first-order chi connectivity index (χ1) is 7.99. The molecule has 0 spiro atoms. The molecule has 0 aliphatic carbocycles. The van der Waals surface area contributed by atoms with Gasteiger partial charge in [0.15, 0.2) is 9.84 Å². The van der Waals surface area contributed by atoms with Crippen molar-refractivity contribution in [3.05, 3.63) is 34.3 Å². The maximum Gasteiger partial charge on any atom is 0.178 e. The van der Waals surface area contributed by atoms with Crippen LogP contribution in [-0.2, 0) is 22.9 Å². The number of aromatic nitrogens is 2. The Bertz CT molecular complexity index is 613. The molecule has 0 saturated heterocycles. The van der Waals surface area contributed by atoms with Crippen LogP contribution in [0, 0.1) is 0 Å². The zero-order chi connectivity index (χ0) is 12.5. The van der Waals surface area contributed by atoms with Gasteiger partial charge in [0.25, 0.3) is 0 Å². The van der Waals surface area contributed by atoms with E-state index in [-0.39, 0.29) is 4.90 Å². The molecule has 5 nitrogen and oxygen atoms in total. The molecule has 0 bridgehead atoms. The number of nitrogens with two attached hydrogens (primary N) is 1. The molecule has 2 aromatic heterocycles. The lowest BCUT2D eigenvalue weighted by Crippen LogP contribution is -1.98. The summed E-state index contributed by atoms with van der Waals surface area (Å²) in [6.07, 6.45) is 4.08. The van der Waals surface area contributed by atoms with Crippen LogP contribution in [0.3, 0.4) is 0 Å². The third-order valence-corrected chi connectivity index (χ3v) is 4.43. The van der Waals surface area contributed by atoms with Gasteiger partial charge in [-0.3, -0.25) is 4.68 Å². The zero-order valence-electron chi connectivity index (χ0n) is 9.33. The molecular weight excluding hydrogens is 258 g/mol. The topological polar surface area (TPSA) is 78.0 Å². The van der Waals surface area contributed by atoms with Crippen molar-refractivity contribution < 1.29 is 8.42 Å². The number of rotatable bonds is 4. The van der Waals surface area contributed by atoms with Gasteiger partial charge in [0.2, 0.25) is 0 Å². The molecule has 0 atom stereocenters. The first kappa shape index (κ1) is 12.3. The molecular formula is C10H13N3O2S2. The average molecular weight is 271 g/mol. The van der Waals surface area contributed by atoms with Crippen molar-refractivity contribution >= 4 is 21.2 Å². The Hall–Kier alpha value is -1.18. The van der Waals surface area contributed by atoms with Crippen LogP contribution >= 0.6 is 11.3 Å². The molecule has 0 amide bonds. The van der Waals surface area contributed by atoms with Crippen LogP contribution < -0.4 is 5.73 Å². The predicted molar refractivity (Wildman–Crippen MR) is 66.6 cm³/mol. The number of nitrogens with zero attached hydrogens (tertiary/aromatic N) is 2. The van der Waals surface area contributed by atoms with Crippen LogP contribution in [0.2, 0.25) is 0 Å². The minimum Gasteiger partial charge on any atom is -0.326 e. The van der Waals surface area contributed by atoms with Gasteiger partial charge in [-0.25, -0.2) is 8.42 Å². The standard InChI is InChI=1S/C10H13N3O2S2/c1-17(14,15)10-5-12-13(7-10)6-9-3-2-8(4-11)16-9/h2-3,5,7H,4,6,11H2,1H3. The molecule has 0 radical (unpaired) electrons. The fourth-order valence-electron chi connectivity index (χ4n) is 1.40. The first-order valence-electron chi connectivity index (χ1n) is 4.99. The summed E-state index contributed by atoms with van der Waals surface area (Å²) in [7, 11) is -3.17. The Morgan fingerprint density at radius 2 is 2.12 bits per heavy atom. The summed E-state index contributed by atoms with van der Waals surface area (Å²) in [5.41, 5.74) is 5.53. The Kier molecular flexibility index (Phi) is 3.32. The van der Waals surface area contributed by atoms with Crippen molar-refractivity contribution in [3.8, 4) is 0 Å². The van der Waals surface area contributed by atoms with Gasteiger partial charge in [0, 0.05) is 28.8 Å². The van der Waals surface area contributed by atoms with Gasteiger partial charge in [-0.15, -0.1) is 11.3 Å². The molecule has 0 aromatic carbocycles. The molecule has 0 unspecified atom stereocenters. The van der Waals surface area contributed by atoms with Gasteiger partial charge >= 0.3 is 0 Å². The van der Waals surface area contributed by atoms with Crippen molar-refractivity contribution in [1.82, 2.24) is 9.78 Å². The maximum absolute atomic E-state index is 11.3. The number of hydrogen-bond donors (Lipinski definition) is 1. The minimum absolute atomic E-state index is 0.244. The van der Waals surface area contributed by atoms with E-state index < -0.39 is 9.84 Å². The van der Waals surface area contributed by atoms with E-state index in [9.17, 15) is 8.42 Å². The normalized spacial score (nSPS) is 11.9. The fraction of sp³-hybridized carbons (Fsp3) is 0.300. The molecule has 0 aliphatic rings. The van der Waals surface area contributed by atoms with E-state index in [0.717, 1.165) is 9.75 Å². The number of thiophene rings is 1. The SMILES string of the molecule is CS(=O)(=O)c1cnn(Cc2ccc(CN)s2)c1. The van der Waals surface area contributed by atoms with Crippen LogP contribution in [0.4, 0.5) is 0 Å². The van der Waals surface area contributed by atoms with Crippen molar-refractivity contribution in [2.75, 3.05) is 6.26 Å². The van der Waals surface area contributed by atoms with E-state index in [1.165, 1.54) is 18.6 Å². The summed E-state index contributed by atoms with van der Waals surface area (Å²) < 4.78 is 24.2. The monoisotopic (exact) mass is 271 g/mol. The smallest absolute Gasteiger partial charge is 0.178 e. The Morgan fingerprint density at radius 3 is 2.65 bits per heavy atom. The van der Waals surface area contributed by atoms with Crippen molar-refractivity contribution in [1.29, 1.82) is 0 Å². The molecule has 2 aromatic rings. The van der Waals surface area contributed by atoms with Crippen molar-refractivity contribution in [2.45, 2.75) is 18.0 Å². The quantitative estimate of drug-likeness (QED) is 0.894. The average Bonchev–Trinajstić information content (AvgIpc) is 2.86. The molecule has 0 aliphatic heterocycles. The highest BCUT2D eigenvalue weighted by molar-refractivity contribution is 7.90. The Labute approximate surface area is 104 Å². The maximum atomic E-state index is 11.3. The lowest BCUT2D eigenvalue weighted by Gasteiger charge is -1.97. The van der Waals surface area contributed by atoms with Gasteiger partial charge in [-0.2, -0.15) is 5.10 Å². The fourth-order valence-corrected chi connectivity index (χ4v) is 2.84. The van der Waals surface area contributed by atoms with Gasteiger partial charge in [-0.05, 0) is 12.1 Å². The molecule has 2 N–H and O–H groups in total. The van der Waals surface area contributed by atoms with Crippen LogP contribution in [0.25, 0.3) is 0 Å². The molecule has 0 fully saturated rings. The second kappa shape index (κ2) is 4.59. The van der Waals surface area contributed by atoms with E-state index in [0.29, 0.717) is 13.1 Å². The summed E-state index contributed by atoms with van der Waals surface area (Å²) in [5.74, 6) is 0. The predicted octanol–water partition coefficient (Wildman–Crippen LogP) is 0.855. The number of sulfone groups is 1. The van der Waals surface area contributed by atoms with Crippen LogP contribution in [-0.4, -0.2) is 24.5 Å². The second-order valence-corrected chi connectivity index (χ2v) is 6.99. The van der Waals surface area contributed by atoms with Gasteiger partial charge in [0.05, 0.1) is 12.7 Å². The van der Waals surface area contributed by atoms with E-state index in [1.807, 2.05) is 12.1 Å². The second-order valence-electron chi connectivity index (χ2n) is 3.72. The minimum atomic E-state index is -3.17. The van der Waals surface area contributed by atoms with Crippen molar-refractivity contribution in [3.63, 3.8) is 0 Å². The van der Waals surface area contributed by atoms with E-state index >= 15 is 0 Å². The van der Waals surface area contributed by atoms with Gasteiger partial charge in [0.1, 0.15) is 4.90 Å².